The van der Waals surface area contributed by atoms with Gasteiger partial charge in [0.25, 0.3) is 5.91 Å². The first-order valence-corrected chi connectivity index (χ1v) is 9.99. The highest BCUT2D eigenvalue weighted by Crippen LogP contribution is 2.36. The first-order chi connectivity index (χ1) is 14.6. The molecule has 0 bridgehead atoms. The van der Waals surface area contributed by atoms with Gasteiger partial charge in [0.05, 0.1) is 35.8 Å². The summed E-state index contributed by atoms with van der Waals surface area (Å²) in [7, 11) is 0. The average Bonchev–Trinajstić information content (AvgIpc) is 3.28. The average molecular weight is 463 g/mol. The maximum Gasteiger partial charge on any atom is 0.436 e. The molecule has 31 heavy (non-hydrogen) atoms. The van der Waals surface area contributed by atoms with Gasteiger partial charge in [0.2, 0.25) is 5.91 Å². The smallest absolute Gasteiger partial charge is 0.378 e. The lowest BCUT2D eigenvalue weighted by Gasteiger charge is -2.27. The summed E-state index contributed by atoms with van der Waals surface area (Å²) in [5.41, 5.74) is -0.892. The van der Waals surface area contributed by atoms with E-state index >= 15 is 0 Å². The molecule has 0 saturated carbocycles. The molecule has 0 aliphatic carbocycles. The fourth-order valence-corrected chi connectivity index (χ4v) is 3.49. The van der Waals surface area contributed by atoms with Gasteiger partial charge in [-0.15, -0.1) is 0 Å². The zero-order valence-electron chi connectivity index (χ0n) is 17.2. The van der Waals surface area contributed by atoms with Crippen LogP contribution in [0.4, 0.5) is 18.9 Å². The van der Waals surface area contributed by atoms with Crippen molar-refractivity contribution in [3.05, 3.63) is 28.3 Å². The van der Waals surface area contributed by atoms with E-state index in [4.69, 9.17) is 16.3 Å². The molecule has 170 valence electrons. The Morgan fingerprint density at radius 1 is 1.32 bits per heavy atom. The number of nitrogens with zero attached hydrogens (tertiary/aromatic N) is 5. The summed E-state index contributed by atoms with van der Waals surface area (Å²) in [6.45, 7) is 6.55. The van der Waals surface area contributed by atoms with Gasteiger partial charge in [0.15, 0.2) is 5.69 Å². The van der Waals surface area contributed by atoms with Crippen LogP contribution in [0.5, 0.6) is 0 Å². The van der Waals surface area contributed by atoms with Crippen LogP contribution in [0.15, 0.2) is 6.20 Å². The molecule has 0 radical (unpaired) electrons. The van der Waals surface area contributed by atoms with E-state index in [1.54, 1.807) is 11.8 Å². The maximum atomic E-state index is 13.1. The number of carbonyl (C=O) groups is 2. The Hall–Kier alpha value is -2.60. The van der Waals surface area contributed by atoms with Crippen LogP contribution in [0.2, 0.25) is 5.02 Å². The van der Waals surface area contributed by atoms with E-state index in [2.05, 4.69) is 15.5 Å². The molecule has 2 amide bonds. The lowest BCUT2D eigenvalue weighted by atomic mass is 10.2. The molecule has 0 spiro atoms. The molecule has 1 atom stereocenters. The molecule has 1 unspecified atom stereocenters. The lowest BCUT2D eigenvalue weighted by molar-refractivity contribution is -0.141. The zero-order valence-corrected chi connectivity index (χ0v) is 17.9. The van der Waals surface area contributed by atoms with Crippen molar-refractivity contribution in [2.24, 2.45) is 0 Å². The predicted octanol–water partition coefficient (Wildman–Crippen LogP) is 2.75. The van der Waals surface area contributed by atoms with Crippen LogP contribution < -0.4 is 5.32 Å². The Morgan fingerprint density at radius 3 is 2.52 bits per heavy atom. The Kier molecular flexibility index (Phi) is 6.60. The van der Waals surface area contributed by atoms with E-state index in [1.165, 1.54) is 24.7 Å². The molecule has 0 aromatic carbocycles. The number of hydrogen-bond donors (Lipinski definition) is 1. The fourth-order valence-electron chi connectivity index (χ4n) is 3.26. The molecular formula is C18H22ClF3N6O3. The van der Waals surface area contributed by atoms with Gasteiger partial charge in [0.1, 0.15) is 11.7 Å². The number of ether oxygens (including phenoxy) is 1. The number of anilines is 1. The molecule has 2 aromatic heterocycles. The van der Waals surface area contributed by atoms with Gasteiger partial charge in [-0.1, -0.05) is 11.6 Å². The van der Waals surface area contributed by atoms with Gasteiger partial charge < -0.3 is 15.0 Å². The summed E-state index contributed by atoms with van der Waals surface area (Å²) >= 11 is 5.77. The molecule has 1 fully saturated rings. The number of alkyl halides is 3. The Bertz CT molecular complexity index is 981. The van der Waals surface area contributed by atoms with Crippen LogP contribution in [0.3, 0.4) is 0 Å². The van der Waals surface area contributed by atoms with Crippen LogP contribution in [0.1, 0.15) is 41.8 Å². The number of amides is 2. The van der Waals surface area contributed by atoms with E-state index < -0.39 is 28.8 Å². The number of halogens is 4. The highest BCUT2D eigenvalue weighted by molar-refractivity contribution is 6.32. The molecule has 1 aliphatic rings. The van der Waals surface area contributed by atoms with Crippen LogP contribution in [0, 0.1) is 6.92 Å². The maximum absolute atomic E-state index is 13.1. The van der Waals surface area contributed by atoms with Crippen molar-refractivity contribution in [1.29, 1.82) is 0 Å². The Morgan fingerprint density at radius 2 is 1.97 bits per heavy atom. The molecule has 13 heteroatoms. The van der Waals surface area contributed by atoms with Crippen molar-refractivity contribution in [2.75, 3.05) is 31.6 Å². The van der Waals surface area contributed by atoms with Crippen molar-refractivity contribution in [2.45, 2.75) is 39.5 Å². The first-order valence-electron chi connectivity index (χ1n) is 9.61. The number of aryl methyl sites for hydroxylation is 1. The van der Waals surface area contributed by atoms with E-state index in [0.717, 1.165) is 4.68 Å². The van der Waals surface area contributed by atoms with Crippen LogP contribution in [-0.4, -0.2) is 62.6 Å². The second kappa shape index (κ2) is 8.87. The quantitative estimate of drug-likeness (QED) is 0.737. The standard InChI is InChI=1S/C18H22ClF3N6O3/c1-4-27-14(17(30)26-5-7-31-8-6-26)12(9-23-27)24-16(29)11(3)28-10(2)13(19)15(25-28)18(20,21)22/h9,11H,4-8H2,1-3H3,(H,24,29). The number of hydrogen-bond acceptors (Lipinski definition) is 5. The van der Waals surface area contributed by atoms with Gasteiger partial charge in [-0.05, 0) is 20.8 Å². The third-order valence-corrected chi connectivity index (χ3v) is 5.44. The largest absolute Gasteiger partial charge is 0.436 e. The lowest BCUT2D eigenvalue weighted by Crippen LogP contribution is -2.42. The third-order valence-electron chi connectivity index (χ3n) is 4.99. The molecule has 3 heterocycles. The van der Waals surface area contributed by atoms with Crippen molar-refractivity contribution in [3.63, 3.8) is 0 Å². The summed E-state index contributed by atoms with van der Waals surface area (Å²) in [5.74, 6) is -0.981. The summed E-state index contributed by atoms with van der Waals surface area (Å²) in [6, 6.07) is -1.12. The number of nitrogens with one attached hydrogen (secondary N) is 1. The molecule has 1 saturated heterocycles. The van der Waals surface area contributed by atoms with Gasteiger partial charge in [-0.2, -0.15) is 23.4 Å². The molecule has 1 aliphatic heterocycles. The van der Waals surface area contributed by atoms with Gasteiger partial charge in [-0.3, -0.25) is 19.0 Å². The third kappa shape index (κ3) is 4.54. The van der Waals surface area contributed by atoms with E-state index in [0.29, 0.717) is 32.8 Å². The fraction of sp³-hybridized carbons (Fsp3) is 0.556. The minimum Gasteiger partial charge on any atom is -0.378 e. The number of rotatable bonds is 5. The second-order valence-electron chi connectivity index (χ2n) is 6.98. The van der Waals surface area contributed by atoms with E-state index in [-0.39, 0.29) is 23.0 Å². The van der Waals surface area contributed by atoms with Crippen LogP contribution in [0.25, 0.3) is 0 Å². The molecule has 1 N–H and O–H groups in total. The van der Waals surface area contributed by atoms with E-state index in [1.807, 2.05) is 0 Å². The van der Waals surface area contributed by atoms with Crippen LogP contribution >= 0.6 is 11.6 Å². The molecule has 9 nitrogen and oxygen atoms in total. The molecule has 3 rings (SSSR count). The van der Waals surface area contributed by atoms with Crippen molar-refractivity contribution in [3.8, 4) is 0 Å². The Labute approximate surface area is 181 Å². The number of morpholine rings is 1. The highest BCUT2D eigenvalue weighted by atomic mass is 35.5. The van der Waals surface area contributed by atoms with Gasteiger partial charge >= 0.3 is 6.18 Å². The highest BCUT2D eigenvalue weighted by Gasteiger charge is 2.39. The summed E-state index contributed by atoms with van der Waals surface area (Å²) in [4.78, 5) is 27.4. The zero-order chi connectivity index (χ0) is 22.9. The first kappa shape index (κ1) is 23.1. The number of aromatic nitrogens is 4. The topological polar surface area (TPSA) is 94.3 Å². The second-order valence-corrected chi connectivity index (χ2v) is 7.36. The number of carbonyl (C=O) groups excluding carboxylic acids is 2. The van der Waals surface area contributed by atoms with Crippen molar-refractivity contribution in [1.82, 2.24) is 24.5 Å². The van der Waals surface area contributed by atoms with Gasteiger partial charge in [-0.25, -0.2) is 0 Å². The Balaban J connectivity index is 1.86. The molecule has 2 aromatic rings. The normalized spacial score (nSPS) is 15.8. The summed E-state index contributed by atoms with van der Waals surface area (Å²) in [5, 5.41) is 9.65. The minimum absolute atomic E-state index is 0.00510. The summed E-state index contributed by atoms with van der Waals surface area (Å²) < 4.78 is 46.9. The minimum atomic E-state index is -4.75. The molecular weight excluding hydrogens is 441 g/mol. The van der Waals surface area contributed by atoms with Crippen molar-refractivity contribution < 1.29 is 27.5 Å². The summed E-state index contributed by atoms with van der Waals surface area (Å²) in [6.07, 6.45) is -3.41. The SMILES string of the molecule is CCn1ncc(NC(=O)C(C)n2nc(C(F)(F)F)c(Cl)c2C)c1C(=O)N1CCOCC1. The predicted molar refractivity (Wildman–Crippen MR) is 105 cm³/mol. The van der Waals surface area contributed by atoms with E-state index in [9.17, 15) is 22.8 Å². The van der Waals surface area contributed by atoms with Crippen molar-refractivity contribution >= 4 is 29.1 Å². The van der Waals surface area contributed by atoms with Gasteiger partial charge in [0, 0.05) is 19.6 Å². The van der Waals surface area contributed by atoms with Crippen LogP contribution in [-0.2, 0) is 22.3 Å². The monoisotopic (exact) mass is 462 g/mol.